The Hall–Kier alpha value is -4.52. The molecule has 9 nitrogen and oxygen atoms in total. The summed E-state index contributed by atoms with van der Waals surface area (Å²) >= 11 is 1.35. The number of nitrogens with two attached hydrogens (primary N) is 1. The van der Waals surface area contributed by atoms with Crippen LogP contribution in [0.2, 0.25) is 0 Å². The predicted molar refractivity (Wildman–Crippen MR) is 128 cm³/mol. The second-order valence-corrected chi connectivity index (χ2v) is 8.15. The molecule has 4 rings (SSSR count). The van der Waals surface area contributed by atoms with Crippen LogP contribution < -0.4 is 15.8 Å². The quantitative estimate of drug-likeness (QED) is 0.111. The van der Waals surface area contributed by atoms with Crippen molar-refractivity contribution in [3.05, 3.63) is 90.4 Å². The summed E-state index contributed by atoms with van der Waals surface area (Å²) < 4.78 is 44.7. The number of ether oxygens (including phenoxy) is 1. The van der Waals surface area contributed by atoms with E-state index in [1.54, 1.807) is 36.7 Å². The van der Waals surface area contributed by atoms with E-state index in [1.165, 1.54) is 30.1 Å². The lowest BCUT2D eigenvalue weighted by molar-refractivity contribution is -0.137. The van der Waals surface area contributed by atoms with Crippen LogP contribution in [0.3, 0.4) is 0 Å². The fraction of sp³-hybridized carbons (Fsp3) is 0.0435. The molecular weight excluding hydrogens is 493 g/mol. The van der Waals surface area contributed by atoms with Gasteiger partial charge < -0.3 is 15.8 Å². The summed E-state index contributed by atoms with van der Waals surface area (Å²) in [6.07, 6.45) is 0.257. The maximum atomic E-state index is 12.9. The van der Waals surface area contributed by atoms with Crippen LogP contribution >= 0.6 is 11.8 Å². The van der Waals surface area contributed by atoms with Gasteiger partial charge in [0.25, 0.3) is 0 Å². The van der Waals surface area contributed by atoms with Crippen molar-refractivity contribution in [3.63, 3.8) is 0 Å². The van der Waals surface area contributed by atoms with Gasteiger partial charge in [-0.05, 0) is 48.5 Å². The first-order chi connectivity index (χ1) is 17.3. The highest BCUT2D eigenvalue weighted by Gasteiger charge is 2.30. The number of aromatic nitrogens is 3. The fourth-order valence-electron chi connectivity index (χ4n) is 2.87. The summed E-state index contributed by atoms with van der Waals surface area (Å²) in [5.41, 5.74) is 12.1. The number of hydrogen-bond donors (Lipinski definition) is 3. The van der Waals surface area contributed by atoms with Crippen molar-refractivity contribution in [2.45, 2.75) is 16.1 Å². The molecule has 0 atom stereocenters. The Balaban J connectivity index is 1.62. The first-order valence-electron chi connectivity index (χ1n) is 10.2. The zero-order valence-corrected chi connectivity index (χ0v) is 19.1. The molecule has 0 aliphatic carbocycles. The molecule has 0 unspecified atom stereocenters. The van der Waals surface area contributed by atoms with Crippen LogP contribution in [0.5, 0.6) is 11.5 Å². The molecule has 3 aromatic heterocycles. The molecule has 0 radical (unpaired) electrons. The maximum absolute atomic E-state index is 12.9. The molecule has 0 spiro atoms. The lowest BCUT2D eigenvalue weighted by Gasteiger charge is -2.14. The molecule has 3 heterocycles. The Morgan fingerprint density at radius 3 is 2.44 bits per heavy atom. The van der Waals surface area contributed by atoms with Crippen LogP contribution in [-0.4, -0.2) is 20.8 Å². The van der Waals surface area contributed by atoms with Crippen LogP contribution in [0, 0.1) is 5.53 Å². The van der Waals surface area contributed by atoms with Crippen molar-refractivity contribution < 1.29 is 17.9 Å². The van der Waals surface area contributed by atoms with Gasteiger partial charge in [-0.15, -0.1) is 5.10 Å². The van der Waals surface area contributed by atoms with Crippen LogP contribution in [-0.2, 0) is 6.18 Å². The molecule has 0 aliphatic rings. The van der Waals surface area contributed by atoms with Crippen molar-refractivity contribution in [2.75, 3.05) is 5.32 Å². The highest BCUT2D eigenvalue weighted by atomic mass is 32.2. The van der Waals surface area contributed by atoms with E-state index in [0.717, 1.165) is 17.2 Å². The number of halogens is 3. The molecule has 0 amide bonds. The minimum Gasteiger partial charge on any atom is -0.453 e. The van der Waals surface area contributed by atoms with E-state index in [0.29, 0.717) is 16.3 Å². The SMILES string of the molecule is N=N/N=C(\N)c1ccc(Nc2ncc(Sc3ccccn3)cc2Oc2ccc(C(F)(F)F)cc2)nc1. The molecule has 4 N–H and O–H groups in total. The van der Waals surface area contributed by atoms with Crippen LogP contribution in [0.15, 0.2) is 99.5 Å². The topological polar surface area (TPSA) is 135 Å². The number of pyridine rings is 3. The van der Waals surface area contributed by atoms with E-state index in [-0.39, 0.29) is 23.2 Å². The molecule has 0 saturated heterocycles. The number of benzene rings is 1. The van der Waals surface area contributed by atoms with E-state index in [1.807, 2.05) is 12.1 Å². The molecule has 36 heavy (non-hydrogen) atoms. The Labute approximate surface area is 207 Å². The van der Waals surface area contributed by atoms with Gasteiger partial charge in [-0.2, -0.15) is 18.7 Å². The van der Waals surface area contributed by atoms with Crippen molar-refractivity contribution >= 4 is 29.2 Å². The Morgan fingerprint density at radius 2 is 1.81 bits per heavy atom. The smallest absolute Gasteiger partial charge is 0.416 e. The Kier molecular flexibility index (Phi) is 7.39. The van der Waals surface area contributed by atoms with Gasteiger partial charge in [-0.25, -0.2) is 15.0 Å². The maximum Gasteiger partial charge on any atom is 0.416 e. The Bertz CT molecular complexity index is 1370. The van der Waals surface area contributed by atoms with E-state index in [2.05, 4.69) is 30.6 Å². The van der Waals surface area contributed by atoms with Gasteiger partial charge in [-0.1, -0.05) is 23.1 Å². The van der Waals surface area contributed by atoms with Crippen molar-refractivity contribution in [3.8, 4) is 11.5 Å². The number of amidine groups is 1. The third-order valence-corrected chi connectivity index (χ3v) is 5.47. The number of hydrogen-bond acceptors (Lipinski definition) is 8. The summed E-state index contributed by atoms with van der Waals surface area (Å²) in [4.78, 5) is 13.6. The van der Waals surface area contributed by atoms with Gasteiger partial charge in [0.2, 0.25) is 0 Å². The highest BCUT2D eigenvalue weighted by Crippen LogP contribution is 2.36. The third-order valence-electron chi connectivity index (χ3n) is 4.56. The molecular formula is C23H17F3N8OS. The van der Waals surface area contributed by atoms with Gasteiger partial charge >= 0.3 is 6.18 Å². The molecule has 13 heteroatoms. The molecule has 4 aromatic rings. The first kappa shape index (κ1) is 24.6. The van der Waals surface area contributed by atoms with Gasteiger partial charge in [0.1, 0.15) is 16.6 Å². The van der Waals surface area contributed by atoms with E-state index < -0.39 is 11.7 Å². The minimum atomic E-state index is -4.45. The first-order valence-corrected chi connectivity index (χ1v) is 11.0. The second kappa shape index (κ2) is 10.8. The number of nitrogens with zero attached hydrogens (tertiary/aromatic N) is 5. The van der Waals surface area contributed by atoms with Crippen LogP contribution in [0.1, 0.15) is 11.1 Å². The van der Waals surface area contributed by atoms with Crippen LogP contribution in [0.4, 0.5) is 24.8 Å². The zero-order chi connectivity index (χ0) is 25.5. The second-order valence-electron chi connectivity index (χ2n) is 7.05. The van der Waals surface area contributed by atoms with E-state index in [4.69, 9.17) is 16.0 Å². The summed E-state index contributed by atoms with van der Waals surface area (Å²) in [5.74, 6) is 1.16. The average Bonchev–Trinajstić information content (AvgIpc) is 2.86. The number of anilines is 2. The highest BCUT2D eigenvalue weighted by molar-refractivity contribution is 7.99. The predicted octanol–water partition coefficient (Wildman–Crippen LogP) is 6.23. The van der Waals surface area contributed by atoms with E-state index >= 15 is 0 Å². The number of nitrogens with one attached hydrogen (secondary N) is 2. The Morgan fingerprint density at radius 1 is 1.00 bits per heavy atom. The standard InChI is InChI=1S/C23H17F3N8OS/c24-23(25,26)15-5-7-16(8-6-15)35-18-11-17(36-20-3-1-2-10-29-20)13-31-22(18)32-19-9-4-14(12-30-19)21(27)33-34-28/h1-13H,(H3,27,28,33)(H,30,31,32). The average molecular weight is 511 g/mol. The molecule has 0 bridgehead atoms. The fourth-order valence-corrected chi connectivity index (χ4v) is 3.65. The van der Waals surface area contributed by atoms with Crippen molar-refractivity contribution in [1.29, 1.82) is 5.53 Å². The number of rotatable bonds is 8. The summed E-state index contributed by atoms with van der Waals surface area (Å²) in [5, 5.41) is 10.1. The van der Waals surface area contributed by atoms with E-state index in [9.17, 15) is 13.2 Å². The summed E-state index contributed by atoms with van der Waals surface area (Å²) in [7, 11) is 0. The lowest BCUT2D eigenvalue weighted by atomic mass is 10.2. The van der Waals surface area contributed by atoms with Gasteiger partial charge in [0, 0.05) is 35.1 Å². The molecule has 1 aromatic carbocycles. The van der Waals surface area contributed by atoms with Gasteiger partial charge in [0.05, 0.1) is 5.56 Å². The third kappa shape index (κ3) is 6.33. The normalized spacial score (nSPS) is 11.7. The van der Waals surface area contributed by atoms with Crippen molar-refractivity contribution in [2.24, 2.45) is 16.1 Å². The molecule has 0 aliphatic heterocycles. The minimum absolute atomic E-state index is 0.0319. The molecule has 0 fully saturated rings. The van der Waals surface area contributed by atoms with Crippen molar-refractivity contribution in [1.82, 2.24) is 15.0 Å². The summed E-state index contributed by atoms with van der Waals surface area (Å²) in [6.45, 7) is 0. The largest absolute Gasteiger partial charge is 0.453 e. The zero-order valence-electron chi connectivity index (χ0n) is 18.3. The lowest BCUT2D eigenvalue weighted by Crippen LogP contribution is -2.13. The molecule has 0 saturated carbocycles. The summed E-state index contributed by atoms with van der Waals surface area (Å²) in [6, 6.07) is 14.8. The van der Waals surface area contributed by atoms with Gasteiger partial charge in [-0.3, -0.25) is 0 Å². The molecule has 182 valence electrons. The number of alkyl halides is 3. The van der Waals surface area contributed by atoms with Crippen LogP contribution in [0.25, 0.3) is 0 Å². The monoisotopic (exact) mass is 510 g/mol. The van der Waals surface area contributed by atoms with Gasteiger partial charge in [0.15, 0.2) is 17.4 Å².